The first-order valence-electron chi connectivity index (χ1n) is 14.3. The van der Waals surface area contributed by atoms with Crippen molar-refractivity contribution in [1.29, 1.82) is 0 Å². The van der Waals surface area contributed by atoms with Gasteiger partial charge < -0.3 is 34.7 Å². The second-order valence-corrected chi connectivity index (χ2v) is 10.8. The summed E-state index contributed by atoms with van der Waals surface area (Å²) in [5.41, 5.74) is 2.03. The van der Waals surface area contributed by atoms with Crippen LogP contribution < -0.4 is 15.4 Å². The fraction of sp³-hybridized carbons (Fsp3) is 0.484. The lowest BCUT2D eigenvalue weighted by atomic mass is 9.80. The number of amides is 1. The summed E-state index contributed by atoms with van der Waals surface area (Å²) < 4.78 is 12.9. The Balaban J connectivity index is 1.42. The Hall–Kier alpha value is -3.40. The van der Waals surface area contributed by atoms with Gasteiger partial charge in [0.15, 0.2) is 5.69 Å². The number of para-hydroxylation sites is 2. The van der Waals surface area contributed by atoms with Gasteiger partial charge in [-0.25, -0.2) is 4.98 Å². The summed E-state index contributed by atoms with van der Waals surface area (Å²) in [7, 11) is 3.29. The minimum absolute atomic E-state index is 0.0114. The van der Waals surface area contributed by atoms with Gasteiger partial charge in [-0.15, -0.1) is 0 Å². The van der Waals surface area contributed by atoms with Crippen molar-refractivity contribution < 1.29 is 19.4 Å². The molecule has 1 aliphatic carbocycles. The van der Waals surface area contributed by atoms with Crippen molar-refractivity contribution in [2.24, 2.45) is 0 Å². The Kier molecular flexibility index (Phi) is 9.04. The SMILES string of the molecule is COC[C@]1(O)CCCC[C@H]1n1cnc(C(=O)N2CCNC[C@H]2CCNc2ccccc2OC)c1-c1ccccc1. The fourth-order valence-corrected chi connectivity index (χ4v) is 6.24. The van der Waals surface area contributed by atoms with Crippen LogP contribution in [0.1, 0.15) is 48.6 Å². The number of benzene rings is 2. The Morgan fingerprint density at radius 2 is 1.95 bits per heavy atom. The second kappa shape index (κ2) is 12.8. The van der Waals surface area contributed by atoms with Gasteiger partial charge in [-0.3, -0.25) is 4.79 Å². The van der Waals surface area contributed by atoms with Crippen LogP contribution in [-0.4, -0.2) is 84.1 Å². The van der Waals surface area contributed by atoms with Gasteiger partial charge in [0, 0.05) is 44.9 Å². The summed E-state index contributed by atoms with van der Waals surface area (Å²) in [4.78, 5) is 20.9. The number of hydrogen-bond acceptors (Lipinski definition) is 7. The number of hydrogen-bond donors (Lipinski definition) is 3. The molecule has 1 saturated heterocycles. The number of nitrogens with zero attached hydrogens (tertiary/aromatic N) is 3. The van der Waals surface area contributed by atoms with Crippen molar-refractivity contribution in [3.8, 4) is 17.0 Å². The van der Waals surface area contributed by atoms with Crippen molar-refractivity contribution in [3.05, 3.63) is 66.6 Å². The normalized spacial score (nSPS) is 23.1. The quantitative estimate of drug-likeness (QED) is 0.353. The van der Waals surface area contributed by atoms with E-state index in [1.165, 1.54) is 0 Å². The molecule has 3 N–H and O–H groups in total. The van der Waals surface area contributed by atoms with Crippen molar-refractivity contribution in [3.63, 3.8) is 0 Å². The minimum Gasteiger partial charge on any atom is -0.495 e. The van der Waals surface area contributed by atoms with E-state index in [9.17, 15) is 9.90 Å². The third kappa shape index (κ3) is 5.87. The molecular formula is C31H41N5O4. The molecule has 0 radical (unpaired) electrons. The predicted molar refractivity (Wildman–Crippen MR) is 156 cm³/mol. The van der Waals surface area contributed by atoms with Crippen LogP contribution in [0.2, 0.25) is 0 Å². The lowest BCUT2D eigenvalue weighted by Crippen LogP contribution is -2.54. The summed E-state index contributed by atoms with van der Waals surface area (Å²) >= 11 is 0. The average Bonchev–Trinajstić information content (AvgIpc) is 3.43. The molecule has 2 aliphatic rings. The van der Waals surface area contributed by atoms with Gasteiger partial charge in [0.25, 0.3) is 5.91 Å². The van der Waals surface area contributed by atoms with Crippen molar-refractivity contribution in [2.45, 2.75) is 49.8 Å². The lowest BCUT2D eigenvalue weighted by Gasteiger charge is -2.41. The Bertz CT molecular complexity index is 1260. The molecule has 214 valence electrons. The van der Waals surface area contributed by atoms with Gasteiger partial charge in [-0.05, 0) is 31.4 Å². The number of anilines is 1. The number of carbonyl (C=O) groups excluding carboxylic acids is 1. The first-order chi connectivity index (χ1) is 19.6. The molecule has 2 aromatic carbocycles. The third-order valence-electron chi connectivity index (χ3n) is 8.24. The number of aromatic nitrogens is 2. The van der Waals surface area contributed by atoms with Crippen LogP contribution in [0.5, 0.6) is 5.75 Å². The van der Waals surface area contributed by atoms with Crippen molar-refractivity contribution in [2.75, 3.05) is 52.3 Å². The largest absolute Gasteiger partial charge is 0.495 e. The van der Waals surface area contributed by atoms with E-state index in [1.54, 1.807) is 20.5 Å². The molecule has 2 heterocycles. The highest BCUT2D eigenvalue weighted by Crippen LogP contribution is 2.41. The van der Waals surface area contributed by atoms with E-state index in [1.807, 2.05) is 64.1 Å². The number of methoxy groups -OCH3 is 2. The van der Waals surface area contributed by atoms with Crippen LogP contribution in [0, 0.1) is 0 Å². The zero-order valence-electron chi connectivity index (χ0n) is 23.5. The molecule has 0 bridgehead atoms. The van der Waals surface area contributed by atoms with E-state index in [0.717, 1.165) is 61.5 Å². The van der Waals surface area contributed by atoms with E-state index in [4.69, 9.17) is 14.5 Å². The van der Waals surface area contributed by atoms with Gasteiger partial charge in [-0.2, -0.15) is 0 Å². The van der Waals surface area contributed by atoms with Crippen LogP contribution >= 0.6 is 0 Å². The summed E-state index contributed by atoms with van der Waals surface area (Å²) in [6, 6.07) is 17.6. The minimum atomic E-state index is -1.01. The van der Waals surface area contributed by atoms with Crippen LogP contribution in [-0.2, 0) is 4.74 Å². The molecule has 0 unspecified atom stereocenters. The maximum absolute atomic E-state index is 14.2. The molecule has 5 rings (SSSR count). The molecule has 1 aliphatic heterocycles. The number of imidazole rings is 1. The molecule has 1 amide bonds. The van der Waals surface area contributed by atoms with E-state index in [0.29, 0.717) is 25.2 Å². The van der Waals surface area contributed by atoms with Crippen LogP contribution in [0.3, 0.4) is 0 Å². The summed E-state index contributed by atoms with van der Waals surface area (Å²) in [6.45, 7) is 3.00. The van der Waals surface area contributed by atoms with Crippen LogP contribution in [0.25, 0.3) is 11.3 Å². The highest BCUT2D eigenvalue weighted by atomic mass is 16.5. The summed E-state index contributed by atoms with van der Waals surface area (Å²) in [6.07, 6.45) is 5.92. The van der Waals surface area contributed by atoms with Crippen LogP contribution in [0.4, 0.5) is 5.69 Å². The van der Waals surface area contributed by atoms with Gasteiger partial charge in [0.1, 0.15) is 11.4 Å². The fourth-order valence-electron chi connectivity index (χ4n) is 6.24. The second-order valence-electron chi connectivity index (χ2n) is 10.8. The first kappa shape index (κ1) is 28.1. The third-order valence-corrected chi connectivity index (χ3v) is 8.24. The Labute approximate surface area is 236 Å². The van der Waals surface area contributed by atoms with Gasteiger partial charge in [-0.1, -0.05) is 55.3 Å². The number of aliphatic hydroxyl groups is 1. The monoisotopic (exact) mass is 547 g/mol. The molecule has 40 heavy (non-hydrogen) atoms. The van der Waals surface area contributed by atoms with E-state index < -0.39 is 5.60 Å². The number of rotatable bonds is 10. The van der Waals surface area contributed by atoms with E-state index in [2.05, 4.69) is 10.6 Å². The molecule has 9 nitrogen and oxygen atoms in total. The number of nitrogens with one attached hydrogen (secondary N) is 2. The maximum Gasteiger partial charge on any atom is 0.275 e. The molecule has 2 fully saturated rings. The molecule has 3 aromatic rings. The molecule has 1 aromatic heterocycles. The number of carbonyl (C=O) groups is 1. The molecule has 0 spiro atoms. The van der Waals surface area contributed by atoms with E-state index in [-0.39, 0.29) is 24.6 Å². The molecule has 1 saturated carbocycles. The predicted octanol–water partition coefficient (Wildman–Crippen LogP) is 3.97. The van der Waals surface area contributed by atoms with Crippen LogP contribution in [0.15, 0.2) is 60.9 Å². The highest BCUT2D eigenvalue weighted by Gasteiger charge is 2.42. The van der Waals surface area contributed by atoms with Gasteiger partial charge in [0.2, 0.25) is 0 Å². The Morgan fingerprint density at radius 3 is 2.75 bits per heavy atom. The van der Waals surface area contributed by atoms with Gasteiger partial charge >= 0.3 is 0 Å². The summed E-state index contributed by atoms with van der Waals surface area (Å²) in [5.74, 6) is 0.721. The molecular weight excluding hydrogens is 506 g/mol. The van der Waals surface area contributed by atoms with Gasteiger partial charge in [0.05, 0.1) is 37.5 Å². The highest BCUT2D eigenvalue weighted by molar-refractivity contribution is 5.98. The Morgan fingerprint density at radius 1 is 1.15 bits per heavy atom. The zero-order chi connectivity index (χ0) is 28.0. The molecule has 9 heteroatoms. The first-order valence-corrected chi connectivity index (χ1v) is 14.3. The topological polar surface area (TPSA) is 101 Å². The smallest absolute Gasteiger partial charge is 0.275 e. The maximum atomic E-state index is 14.2. The standard InChI is InChI=1S/C31H41N5O4/c1-39-21-31(38)16-9-8-14-27(31)36-22-34-28(29(36)23-10-4-3-5-11-23)30(37)35-19-18-32-20-24(35)15-17-33-25-12-6-7-13-26(25)40-2/h3-7,10-13,22,24,27,32-33,38H,8-9,14-21H2,1-2H3/t24-,27-,31-/m1/s1. The number of piperazine rings is 1. The van der Waals surface area contributed by atoms with E-state index >= 15 is 0 Å². The zero-order valence-corrected chi connectivity index (χ0v) is 23.5. The average molecular weight is 548 g/mol. The lowest BCUT2D eigenvalue weighted by molar-refractivity contribution is -0.0893. The van der Waals surface area contributed by atoms with Crippen molar-refractivity contribution in [1.82, 2.24) is 19.8 Å². The van der Waals surface area contributed by atoms with Crippen molar-refractivity contribution >= 4 is 11.6 Å². The number of ether oxygens (including phenoxy) is 2. The molecule has 3 atom stereocenters. The summed E-state index contributed by atoms with van der Waals surface area (Å²) in [5, 5.41) is 18.5.